The zero-order chi connectivity index (χ0) is 17.5. The first kappa shape index (κ1) is 17.7. The van der Waals surface area contributed by atoms with E-state index in [4.69, 9.17) is 4.74 Å². The molecular formula is C21H32O3. The van der Waals surface area contributed by atoms with Crippen LogP contribution in [0, 0.1) is 34.5 Å². The second-order valence-electron chi connectivity index (χ2n) is 8.87. The van der Waals surface area contributed by atoms with Crippen LogP contribution in [0.1, 0.15) is 65.2 Å². The van der Waals surface area contributed by atoms with Gasteiger partial charge >= 0.3 is 5.97 Å². The summed E-state index contributed by atoms with van der Waals surface area (Å²) in [5.41, 5.74) is 1.12. The highest BCUT2D eigenvalue weighted by Crippen LogP contribution is 2.65. The van der Waals surface area contributed by atoms with Crippen molar-refractivity contribution in [1.82, 2.24) is 0 Å². The maximum Gasteiger partial charge on any atom is 0.311 e. The van der Waals surface area contributed by atoms with Crippen molar-refractivity contribution in [3.63, 3.8) is 0 Å². The third-order valence-electron chi connectivity index (χ3n) is 7.95. The lowest BCUT2D eigenvalue weighted by Gasteiger charge is -2.61. The fourth-order valence-electron chi connectivity index (χ4n) is 6.83. The Kier molecular flexibility index (Phi) is 4.65. The maximum atomic E-state index is 12.6. The Morgan fingerprint density at radius 2 is 2.04 bits per heavy atom. The van der Waals surface area contributed by atoms with E-state index in [9.17, 15) is 9.59 Å². The van der Waals surface area contributed by atoms with Crippen molar-refractivity contribution in [2.24, 2.45) is 34.5 Å². The second-order valence-corrected chi connectivity index (χ2v) is 8.87. The monoisotopic (exact) mass is 332 g/mol. The summed E-state index contributed by atoms with van der Waals surface area (Å²) in [4.78, 5) is 23.8. The van der Waals surface area contributed by atoms with Crippen LogP contribution < -0.4 is 0 Å². The van der Waals surface area contributed by atoms with Gasteiger partial charge in [-0.3, -0.25) is 4.79 Å². The summed E-state index contributed by atoms with van der Waals surface area (Å²) in [6, 6.07) is 0. The maximum absolute atomic E-state index is 12.6. The Balaban J connectivity index is 1.94. The molecule has 0 spiro atoms. The average Bonchev–Trinajstić information content (AvgIpc) is 2.56. The lowest BCUT2D eigenvalue weighted by Crippen LogP contribution is -2.57. The van der Waals surface area contributed by atoms with Crippen LogP contribution in [0.4, 0.5) is 0 Å². The number of ether oxygens (including phenoxy) is 1. The number of hydrogen-bond acceptors (Lipinski definition) is 3. The van der Waals surface area contributed by atoms with Crippen LogP contribution >= 0.6 is 0 Å². The van der Waals surface area contributed by atoms with E-state index >= 15 is 0 Å². The summed E-state index contributed by atoms with van der Waals surface area (Å²) in [7, 11) is 1.52. The predicted octanol–water partition coefficient (Wildman–Crippen LogP) is 4.55. The van der Waals surface area contributed by atoms with E-state index in [2.05, 4.69) is 20.4 Å². The molecule has 0 aromatic rings. The third-order valence-corrected chi connectivity index (χ3v) is 7.95. The van der Waals surface area contributed by atoms with Gasteiger partial charge in [-0.25, -0.2) is 0 Å². The van der Waals surface area contributed by atoms with E-state index in [0.717, 1.165) is 38.4 Å². The zero-order valence-corrected chi connectivity index (χ0v) is 15.5. The van der Waals surface area contributed by atoms with Gasteiger partial charge in [-0.15, -0.1) is 0 Å². The Hall–Kier alpha value is -1.12. The molecule has 0 saturated heterocycles. The molecule has 0 aliphatic heterocycles. The molecule has 3 heteroatoms. The molecule has 3 aliphatic carbocycles. The minimum atomic E-state index is -0.346. The van der Waals surface area contributed by atoms with Gasteiger partial charge in [-0.2, -0.15) is 0 Å². The summed E-state index contributed by atoms with van der Waals surface area (Å²) in [6.45, 7) is 8.82. The number of esters is 1. The molecule has 0 aromatic carbocycles. The smallest absolute Gasteiger partial charge is 0.311 e. The first-order chi connectivity index (χ1) is 11.4. The fourth-order valence-corrected chi connectivity index (χ4v) is 6.83. The number of fused-ring (bicyclic) bond motifs is 3. The second kappa shape index (κ2) is 6.31. The van der Waals surface area contributed by atoms with Crippen molar-refractivity contribution in [2.45, 2.75) is 65.2 Å². The van der Waals surface area contributed by atoms with E-state index in [-0.39, 0.29) is 16.8 Å². The Morgan fingerprint density at radius 3 is 2.71 bits per heavy atom. The quantitative estimate of drug-likeness (QED) is 0.432. The van der Waals surface area contributed by atoms with Crippen molar-refractivity contribution in [3.05, 3.63) is 12.2 Å². The summed E-state index contributed by atoms with van der Waals surface area (Å²) >= 11 is 0. The van der Waals surface area contributed by atoms with Crippen LogP contribution in [0.5, 0.6) is 0 Å². The largest absolute Gasteiger partial charge is 0.469 e. The normalized spacial score (nSPS) is 45.0. The van der Waals surface area contributed by atoms with Crippen LogP contribution in [0.3, 0.4) is 0 Å². The van der Waals surface area contributed by atoms with Gasteiger partial charge in [-0.1, -0.05) is 25.5 Å². The molecule has 3 nitrogen and oxygen atoms in total. The molecule has 0 N–H and O–H groups in total. The van der Waals surface area contributed by atoms with Crippen molar-refractivity contribution in [1.29, 1.82) is 0 Å². The van der Waals surface area contributed by atoms with Gasteiger partial charge in [0.1, 0.15) is 6.29 Å². The predicted molar refractivity (Wildman–Crippen MR) is 94.3 cm³/mol. The first-order valence-corrected chi connectivity index (χ1v) is 9.58. The Labute approximate surface area is 146 Å². The SMILES string of the molecule is C=C1CC[C@H]2[C@@H](CC[C@@H]3[C@]2(C)CCC[C@]3(C)C(=O)OC)[C@@H]1CC=O. The average molecular weight is 332 g/mol. The number of rotatable bonds is 3. The number of allylic oxidation sites excluding steroid dienone is 1. The molecule has 0 unspecified atom stereocenters. The van der Waals surface area contributed by atoms with Crippen molar-refractivity contribution in [3.8, 4) is 0 Å². The van der Waals surface area contributed by atoms with Crippen molar-refractivity contribution >= 4 is 12.3 Å². The molecule has 6 atom stereocenters. The molecule has 0 aromatic heterocycles. The highest BCUT2D eigenvalue weighted by Gasteiger charge is 2.60. The lowest BCUT2D eigenvalue weighted by molar-refractivity contribution is -0.176. The van der Waals surface area contributed by atoms with Gasteiger partial charge < -0.3 is 9.53 Å². The molecule has 0 radical (unpaired) electrons. The molecule has 3 rings (SSSR count). The summed E-state index contributed by atoms with van der Waals surface area (Å²) in [5.74, 6) is 1.90. The molecule has 134 valence electrons. The number of aldehydes is 1. The molecule has 0 bridgehead atoms. The van der Waals surface area contributed by atoms with Gasteiger partial charge in [0.15, 0.2) is 0 Å². The number of carbonyl (C=O) groups excluding carboxylic acids is 2. The van der Waals surface area contributed by atoms with Crippen LogP contribution in [0.25, 0.3) is 0 Å². The van der Waals surface area contributed by atoms with Crippen molar-refractivity contribution in [2.75, 3.05) is 7.11 Å². The van der Waals surface area contributed by atoms with Crippen LogP contribution in [0.2, 0.25) is 0 Å². The minimum absolute atomic E-state index is 0.0264. The van der Waals surface area contributed by atoms with Gasteiger partial charge in [0.05, 0.1) is 12.5 Å². The van der Waals surface area contributed by atoms with Gasteiger partial charge in [0.25, 0.3) is 0 Å². The fraction of sp³-hybridized carbons (Fsp3) is 0.810. The molecule has 3 fully saturated rings. The van der Waals surface area contributed by atoms with Crippen LogP contribution in [-0.2, 0) is 14.3 Å². The Bertz CT molecular complexity index is 539. The summed E-state index contributed by atoms with van der Waals surface area (Å²) < 4.78 is 5.20. The highest BCUT2D eigenvalue weighted by molar-refractivity contribution is 5.77. The first-order valence-electron chi connectivity index (χ1n) is 9.58. The number of methoxy groups -OCH3 is 1. The standard InChI is InChI=1S/C21H32O3/c1-14-6-8-17-16(15(14)10-13-22)7-9-18-20(17,2)11-5-12-21(18,3)19(23)24-4/h13,15-18H,1,5-12H2,2-4H3/t15-,16+,17+,18-,20-,21+/m1/s1. The topological polar surface area (TPSA) is 43.4 Å². The van der Waals surface area contributed by atoms with Gasteiger partial charge in [0.2, 0.25) is 0 Å². The molecule has 0 amide bonds. The molecule has 3 aliphatic rings. The highest BCUT2D eigenvalue weighted by atomic mass is 16.5. The molecular weight excluding hydrogens is 300 g/mol. The zero-order valence-electron chi connectivity index (χ0n) is 15.5. The Morgan fingerprint density at radius 1 is 1.29 bits per heavy atom. The van der Waals surface area contributed by atoms with E-state index < -0.39 is 0 Å². The molecule has 0 heterocycles. The van der Waals surface area contributed by atoms with E-state index in [0.29, 0.717) is 30.1 Å². The number of carbonyl (C=O) groups is 2. The van der Waals surface area contributed by atoms with Gasteiger partial charge in [0, 0.05) is 6.42 Å². The summed E-state index contributed by atoms with van der Waals surface area (Å²) in [6.07, 6.45) is 9.34. The molecule has 24 heavy (non-hydrogen) atoms. The van der Waals surface area contributed by atoms with Crippen LogP contribution in [0.15, 0.2) is 12.2 Å². The van der Waals surface area contributed by atoms with Crippen molar-refractivity contribution < 1.29 is 14.3 Å². The molecule has 3 saturated carbocycles. The minimum Gasteiger partial charge on any atom is -0.469 e. The lowest BCUT2D eigenvalue weighted by atomic mass is 9.43. The number of hydrogen-bond donors (Lipinski definition) is 0. The third kappa shape index (κ3) is 2.46. The van der Waals surface area contributed by atoms with E-state index in [1.807, 2.05) is 0 Å². The van der Waals surface area contributed by atoms with E-state index in [1.54, 1.807) is 0 Å². The van der Waals surface area contributed by atoms with Gasteiger partial charge in [-0.05, 0) is 74.5 Å². The summed E-state index contributed by atoms with van der Waals surface area (Å²) in [5, 5.41) is 0. The van der Waals surface area contributed by atoms with Crippen LogP contribution in [-0.4, -0.2) is 19.4 Å². The van der Waals surface area contributed by atoms with E-state index in [1.165, 1.54) is 25.5 Å².